The Balaban J connectivity index is 1.99. The standard InChI is InChI=1S/C15H26N4/c1-6-16-14(17-13-10-15(13,2)3)19(5)11-12-8-7-9-18(12)4/h7-9,13H,6,10-11H2,1-5H3,(H,16,17). The largest absolute Gasteiger partial charge is 0.353 e. The molecule has 1 aromatic heterocycles. The van der Waals surface area contributed by atoms with Crippen molar-refractivity contribution in [2.24, 2.45) is 17.5 Å². The summed E-state index contributed by atoms with van der Waals surface area (Å²) in [6.45, 7) is 8.36. The van der Waals surface area contributed by atoms with Gasteiger partial charge in [0.05, 0.1) is 6.54 Å². The van der Waals surface area contributed by atoms with Gasteiger partial charge in [-0.3, -0.25) is 4.99 Å². The van der Waals surface area contributed by atoms with Gasteiger partial charge in [0.25, 0.3) is 0 Å². The van der Waals surface area contributed by atoms with Gasteiger partial charge in [0.15, 0.2) is 5.96 Å². The highest BCUT2D eigenvalue weighted by atomic mass is 15.3. The van der Waals surface area contributed by atoms with Gasteiger partial charge in [0.1, 0.15) is 0 Å². The van der Waals surface area contributed by atoms with Crippen LogP contribution in [0.5, 0.6) is 0 Å². The number of aliphatic imine (C=N–C) groups is 1. The summed E-state index contributed by atoms with van der Waals surface area (Å²) >= 11 is 0. The Labute approximate surface area is 116 Å². The number of hydrogen-bond donors (Lipinski definition) is 1. The minimum Gasteiger partial charge on any atom is -0.353 e. The topological polar surface area (TPSA) is 32.6 Å². The normalized spacial score (nSPS) is 21.3. The second kappa shape index (κ2) is 5.27. The Kier molecular flexibility index (Phi) is 3.88. The highest BCUT2D eigenvalue weighted by molar-refractivity contribution is 5.80. The molecular formula is C15H26N4. The number of hydrogen-bond acceptors (Lipinski definition) is 1. The van der Waals surface area contributed by atoms with Crippen molar-refractivity contribution in [3.63, 3.8) is 0 Å². The predicted octanol–water partition coefficient (Wildman–Crippen LogP) is 2.22. The quantitative estimate of drug-likeness (QED) is 0.666. The van der Waals surface area contributed by atoms with Gasteiger partial charge in [0, 0.05) is 38.6 Å². The second-order valence-corrected chi connectivity index (χ2v) is 6.15. The van der Waals surface area contributed by atoms with E-state index in [9.17, 15) is 0 Å². The highest BCUT2D eigenvalue weighted by Crippen LogP contribution is 2.44. The summed E-state index contributed by atoms with van der Waals surface area (Å²) in [4.78, 5) is 6.80. The van der Waals surface area contributed by atoms with Gasteiger partial charge in [-0.05, 0) is 30.9 Å². The van der Waals surface area contributed by atoms with E-state index in [1.54, 1.807) is 0 Å². The summed E-state index contributed by atoms with van der Waals surface area (Å²) in [5, 5.41) is 3.58. The summed E-state index contributed by atoms with van der Waals surface area (Å²) < 4.78 is 2.15. The maximum absolute atomic E-state index is 4.60. The van der Waals surface area contributed by atoms with Crippen LogP contribution >= 0.6 is 0 Å². The molecule has 0 radical (unpaired) electrons. The van der Waals surface area contributed by atoms with Crippen LogP contribution in [0.15, 0.2) is 23.3 Å². The highest BCUT2D eigenvalue weighted by Gasteiger charge is 2.46. The fourth-order valence-corrected chi connectivity index (χ4v) is 2.27. The van der Waals surface area contributed by atoms with Crippen LogP contribution in [0.3, 0.4) is 0 Å². The van der Waals surface area contributed by atoms with Gasteiger partial charge in [-0.25, -0.2) is 0 Å². The molecule has 1 unspecified atom stereocenters. The van der Waals surface area contributed by atoms with Crippen molar-refractivity contribution in [3.05, 3.63) is 24.0 Å². The zero-order valence-electron chi connectivity index (χ0n) is 12.8. The molecule has 4 nitrogen and oxygen atoms in total. The van der Waals surface area contributed by atoms with E-state index in [-0.39, 0.29) is 0 Å². The summed E-state index contributed by atoms with van der Waals surface area (Å²) in [5.41, 5.74) is 1.71. The molecule has 1 aromatic rings. The maximum Gasteiger partial charge on any atom is 0.194 e. The van der Waals surface area contributed by atoms with Crippen molar-refractivity contribution in [1.82, 2.24) is 14.8 Å². The third-order valence-corrected chi connectivity index (χ3v) is 3.94. The van der Waals surface area contributed by atoms with Crippen LogP contribution in [0.2, 0.25) is 0 Å². The number of aryl methyl sites for hydroxylation is 1. The summed E-state index contributed by atoms with van der Waals surface area (Å²) in [6, 6.07) is 4.80. The van der Waals surface area contributed by atoms with Gasteiger partial charge in [-0.15, -0.1) is 0 Å². The Morgan fingerprint density at radius 2 is 2.26 bits per heavy atom. The number of guanidine groups is 1. The Morgan fingerprint density at radius 1 is 1.58 bits per heavy atom. The first-order valence-electron chi connectivity index (χ1n) is 7.06. The molecule has 0 aliphatic heterocycles. The molecule has 1 fully saturated rings. The van der Waals surface area contributed by atoms with Gasteiger partial charge < -0.3 is 14.8 Å². The van der Waals surface area contributed by atoms with E-state index in [1.807, 2.05) is 0 Å². The van der Waals surface area contributed by atoms with Crippen LogP contribution in [0.4, 0.5) is 0 Å². The molecule has 1 aliphatic carbocycles. The van der Waals surface area contributed by atoms with Crippen molar-refractivity contribution >= 4 is 5.96 Å². The Morgan fingerprint density at radius 3 is 2.74 bits per heavy atom. The van der Waals surface area contributed by atoms with Crippen molar-refractivity contribution in [3.8, 4) is 0 Å². The Bertz CT molecular complexity index is 458. The van der Waals surface area contributed by atoms with Crippen LogP contribution in [0.1, 0.15) is 32.9 Å². The van der Waals surface area contributed by atoms with Crippen molar-refractivity contribution in [1.29, 1.82) is 0 Å². The molecule has 1 heterocycles. The SMILES string of the molecule is CCN=C(NC1CC1(C)C)N(C)Cc1cccn1C. The molecule has 1 atom stereocenters. The smallest absolute Gasteiger partial charge is 0.194 e. The van der Waals surface area contributed by atoms with Gasteiger partial charge >= 0.3 is 0 Å². The first kappa shape index (κ1) is 14.0. The number of aromatic nitrogens is 1. The van der Waals surface area contributed by atoms with E-state index in [2.05, 4.69) is 73.0 Å². The van der Waals surface area contributed by atoms with Gasteiger partial charge in [-0.1, -0.05) is 13.8 Å². The van der Waals surface area contributed by atoms with E-state index in [1.165, 1.54) is 12.1 Å². The average molecular weight is 262 g/mol. The number of nitrogens with one attached hydrogen (secondary N) is 1. The molecule has 0 aromatic carbocycles. The third kappa shape index (κ3) is 3.31. The minimum atomic E-state index is 0.417. The summed E-state index contributed by atoms with van der Waals surface area (Å²) in [5.74, 6) is 1.01. The lowest BCUT2D eigenvalue weighted by Crippen LogP contribution is -2.41. The van der Waals surface area contributed by atoms with Gasteiger partial charge in [-0.2, -0.15) is 0 Å². The molecule has 0 saturated heterocycles. The van der Waals surface area contributed by atoms with E-state index in [4.69, 9.17) is 0 Å². The lowest BCUT2D eigenvalue weighted by molar-refractivity contribution is 0.453. The zero-order valence-corrected chi connectivity index (χ0v) is 12.8. The van der Waals surface area contributed by atoms with Crippen molar-refractivity contribution in [2.75, 3.05) is 13.6 Å². The molecule has 0 spiro atoms. The van der Waals surface area contributed by atoms with Crippen LogP contribution in [-0.4, -0.2) is 35.1 Å². The van der Waals surface area contributed by atoms with Crippen molar-refractivity contribution < 1.29 is 0 Å². The van der Waals surface area contributed by atoms with E-state index in [0.29, 0.717) is 11.5 Å². The van der Waals surface area contributed by atoms with Crippen molar-refractivity contribution in [2.45, 2.75) is 39.8 Å². The first-order valence-corrected chi connectivity index (χ1v) is 7.06. The fourth-order valence-electron chi connectivity index (χ4n) is 2.27. The molecule has 2 rings (SSSR count). The molecular weight excluding hydrogens is 236 g/mol. The minimum absolute atomic E-state index is 0.417. The van der Waals surface area contributed by atoms with Crippen LogP contribution in [-0.2, 0) is 13.6 Å². The molecule has 1 aliphatic rings. The van der Waals surface area contributed by atoms with Crippen LogP contribution in [0, 0.1) is 5.41 Å². The molecule has 106 valence electrons. The molecule has 19 heavy (non-hydrogen) atoms. The zero-order chi connectivity index (χ0) is 14.0. The van der Waals surface area contributed by atoms with Crippen LogP contribution in [0.25, 0.3) is 0 Å². The molecule has 0 bridgehead atoms. The molecule has 0 amide bonds. The monoisotopic (exact) mass is 262 g/mol. The summed E-state index contributed by atoms with van der Waals surface area (Å²) in [6.07, 6.45) is 3.31. The third-order valence-electron chi connectivity index (χ3n) is 3.94. The first-order chi connectivity index (χ1) is 8.94. The number of rotatable bonds is 4. The maximum atomic E-state index is 4.60. The second-order valence-electron chi connectivity index (χ2n) is 6.15. The predicted molar refractivity (Wildman–Crippen MR) is 80.2 cm³/mol. The summed E-state index contributed by atoms with van der Waals surface area (Å²) in [7, 11) is 4.18. The Hall–Kier alpha value is -1.45. The van der Waals surface area contributed by atoms with Gasteiger partial charge in [0.2, 0.25) is 0 Å². The molecule has 1 N–H and O–H groups in total. The van der Waals surface area contributed by atoms with E-state index < -0.39 is 0 Å². The lowest BCUT2D eigenvalue weighted by Gasteiger charge is -2.23. The number of nitrogens with zero attached hydrogens (tertiary/aromatic N) is 3. The lowest BCUT2D eigenvalue weighted by atomic mass is 10.2. The van der Waals surface area contributed by atoms with E-state index >= 15 is 0 Å². The fraction of sp³-hybridized carbons (Fsp3) is 0.667. The van der Waals surface area contributed by atoms with Crippen LogP contribution < -0.4 is 5.32 Å². The van der Waals surface area contributed by atoms with E-state index in [0.717, 1.165) is 19.0 Å². The molecule has 1 saturated carbocycles. The average Bonchev–Trinajstić information content (AvgIpc) is 2.73. The molecule has 4 heteroatoms.